The molecule has 1 fully saturated rings. The Labute approximate surface area is 160 Å². The molecule has 2 aromatic rings. The van der Waals surface area contributed by atoms with E-state index in [1.165, 1.54) is 18.1 Å². The number of non-ortho nitro benzene ring substituents is 1. The van der Waals surface area contributed by atoms with E-state index in [1.807, 2.05) is 0 Å². The van der Waals surface area contributed by atoms with Crippen molar-refractivity contribution in [1.29, 1.82) is 0 Å². The number of nitro groups is 1. The fraction of sp³-hybridized carbons (Fsp3) is 0.316. The van der Waals surface area contributed by atoms with Crippen molar-refractivity contribution < 1.29 is 23.2 Å². The molecule has 1 amide bonds. The first-order valence-corrected chi connectivity index (χ1v) is 8.67. The van der Waals surface area contributed by atoms with Crippen LogP contribution in [0.5, 0.6) is 5.75 Å². The maximum absolute atomic E-state index is 14.1. The summed E-state index contributed by atoms with van der Waals surface area (Å²) in [5.74, 6) is -1.65. The Morgan fingerprint density at radius 1 is 1.11 bits per heavy atom. The van der Waals surface area contributed by atoms with Gasteiger partial charge in [0, 0.05) is 38.8 Å². The van der Waals surface area contributed by atoms with Crippen molar-refractivity contribution in [2.75, 3.05) is 33.3 Å². The molecule has 3 rings (SSSR count). The Hall–Kier alpha value is -3.07. The highest BCUT2D eigenvalue weighted by atomic mass is 19.1. The number of carbonyl (C=O) groups is 1. The SMILES string of the molecule is COc1ccc(CN2CCN(C(=O)c3ccc([N+](=O)[O-])cc3F)CC2)cc1F. The van der Waals surface area contributed by atoms with Gasteiger partial charge < -0.3 is 9.64 Å². The molecule has 7 nitrogen and oxygen atoms in total. The maximum atomic E-state index is 14.1. The number of hydrogen-bond acceptors (Lipinski definition) is 5. The predicted molar refractivity (Wildman–Crippen MR) is 97.2 cm³/mol. The normalized spacial score (nSPS) is 14.8. The first kappa shape index (κ1) is 19.7. The summed E-state index contributed by atoms with van der Waals surface area (Å²) in [5, 5.41) is 10.7. The second kappa shape index (κ2) is 8.30. The van der Waals surface area contributed by atoms with E-state index >= 15 is 0 Å². The molecule has 0 aliphatic carbocycles. The number of methoxy groups -OCH3 is 1. The van der Waals surface area contributed by atoms with E-state index in [-0.39, 0.29) is 11.3 Å². The van der Waals surface area contributed by atoms with Gasteiger partial charge in [0.05, 0.1) is 23.7 Å². The third-order valence-electron chi connectivity index (χ3n) is 4.68. The molecule has 0 atom stereocenters. The van der Waals surface area contributed by atoms with Crippen molar-refractivity contribution in [1.82, 2.24) is 9.80 Å². The molecule has 1 saturated heterocycles. The minimum atomic E-state index is -0.907. The Balaban J connectivity index is 1.60. The Bertz CT molecular complexity index is 899. The van der Waals surface area contributed by atoms with Gasteiger partial charge in [-0.05, 0) is 23.8 Å². The van der Waals surface area contributed by atoms with Gasteiger partial charge in [-0.2, -0.15) is 0 Å². The van der Waals surface area contributed by atoms with Crippen molar-refractivity contribution in [2.24, 2.45) is 0 Å². The van der Waals surface area contributed by atoms with Crippen molar-refractivity contribution >= 4 is 11.6 Å². The summed E-state index contributed by atoms with van der Waals surface area (Å²) in [6, 6.07) is 7.78. The average molecular weight is 391 g/mol. The summed E-state index contributed by atoms with van der Waals surface area (Å²) in [6.07, 6.45) is 0. The summed E-state index contributed by atoms with van der Waals surface area (Å²) < 4.78 is 32.8. The van der Waals surface area contributed by atoms with Crippen LogP contribution >= 0.6 is 0 Å². The minimum Gasteiger partial charge on any atom is -0.494 e. The van der Waals surface area contributed by atoms with Crippen molar-refractivity contribution in [2.45, 2.75) is 6.54 Å². The monoisotopic (exact) mass is 391 g/mol. The van der Waals surface area contributed by atoms with Crippen LogP contribution in [0.15, 0.2) is 36.4 Å². The van der Waals surface area contributed by atoms with Gasteiger partial charge in [-0.3, -0.25) is 19.8 Å². The number of ether oxygens (including phenoxy) is 1. The fourth-order valence-electron chi connectivity index (χ4n) is 3.14. The number of piperazine rings is 1. The van der Waals surface area contributed by atoms with E-state index in [9.17, 15) is 23.7 Å². The van der Waals surface area contributed by atoms with Crippen LogP contribution in [0, 0.1) is 21.7 Å². The first-order valence-electron chi connectivity index (χ1n) is 8.67. The smallest absolute Gasteiger partial charge is 0.272 e. The number of hydrogen-bond donors (Lipinski definition) is 0. The highest BCUT2D eigenvalue weighted by molar-refractivity contribution is 5.94. The molecule has 0 radical (unpaired) electrons. The van der Waals surface area contributed by atoms with Gasteiger partial charge in [-0.15, -0.1) is 0 Å². The molecule has 9 heteroatoms. The highest BCUT2D eigenvalue weighted by Crippen LogP contribution is 2.21. The summed E-state index contributed by atoms with van der Waals surface area (Å²) in [5.41, 5.74) is 0.210. The average Bonchev–Trinajstić information content (AvgIpc) is 2.68. The fourth-order valence-corrected chi connectivity index (χ4v) is 3.14. The standard InChI is InChI=1S/C19H19F2N3O4/c1-28-18-5-2-13(10-17(18)21)12-22-6-8-23(9-7-22)19(25)15-4-3-14(24(26)27)11-16(15)20/h2-5,10-11H,6-9,12H2,1H3. The van der Waals surface area contributed by atoms with E-state index in [4.69, 9.17) is 4.74 Å². The van der Waals surface area contributed by atoms with Crippen LogP contribution < -0.4 is 4.74 Å². The van der Waals surface area contributed by atoms with Crippen LogP contribution in [0.4, 0.5) is 14.5 Å². The lowest BCUT2D eigenvalue weighted by atomic mass is 10.1. The zero-order valence-electron chi connectivity index (χ0n) is 15.2. The zero-order valence-corrected chi connectivity index (χ0v) is 15.2. The van der Waals surface area contributed by atoms with Gasteiger partial charge in [-0.1, -0.05) is 6.07 Å². The predicted octanol–water partition coefficient (Wildman–Crippen LogP) is 2.84. The molecule has 0 N–H and O–H groups in total. The van der Waals surface area contributed by atoms with Gasteiger partial charge >= 0.3 is 0 Å². The molecular weight excluding hydrogens is 372 g/mol. The third-order valence-corrected chi connectivity index (χ3v) is 4.68. The molecule has 1 aliphatic heterocycles. The van der Waals surface area contributed by atoms with Crippen LogP contribution in [-0.4, -0.2) is 53.9 Å². The number of nitro benzene ring substituents is 1. The van der Waals surface area contributed by atoms with Crippen LogP contribution in [0.2, 0.25) is 0 Å². The van der Waals surface area contributed by atoms with E-state index in [2.05, 4.69) is 4.90 Å². The maximum Gasteiger partial charge on any atom is 0.272 e. The molecule has 0 bridgehead atoms. The van der Waals surface area contributed by atoms with Gasteiger partial charge in [0.1, 0.15) is 5.82 Å². The van der Waals surface area contributed by atoms with Crippen LogP contribution in [0.3, 0.4) is 0 Å². The number of halogens is 2. The molecular formula is C19H19F2N3O4. The minimum absolute atomic E-state index is 0.184. The Kier molecular flexibility index (Phi) is 5.84. The molecule has 1 heterocycles. The zero-order chi connectivity index (χ0) is 20.3. The van der Waals surface area contributed by atoms with E-state index < -0.39 is 28.2 Å². The molecule has 0 spiro atoms. The van der Waals surface area contributed by atoms with Crippen LogP contribution in [-0.2, 0) is 6.54 Å². The number of rotatable bonds is 5. The quantitative estimate of drug-likeness (QED) is 0.579. The number of amides is 1. The topological polar surface area (TPSA) is 75.9 Å². The molecule has 0 unspecified atom stereocenters. The summed E-state index contributed by atoms with van der Waals surface area (Å²) in [7, 11) is 1.40. The van der Waals surface area contributed by atoms with Crippen molar-refractivity contribution in [3.63, 3.8) is 0 Å². The Morgan fingerprint density at radius 3 is 2.39 bits per heavy atom. The van der Waals surface area contributed by atoms with Crippen molar-refractivity contribution in [3.05, 3.63) is 69.3 Å². The summed E-state index contributed by atoms with van der Waals surface area (Å²) >= 11 is 0. The first-order chi connectivity index (χ1) is 13.4. The lowest BCUT2D eigenvalue weighted by Gasteiger charge is -2.34. The second-order valence-corrected chi connectivity index (χ2v) is 6.46. The van der Waals surface area contributed by atoms with Gasteiger partial charge in [0.15, 0.2) is 11.6 Å². The lowest BCUT2D eigenvalue weighted by molar-refractivity contribution is -0.385. The van der Waals surface area contributed by atoms with Crippen LogP contribution in [0.1, 0.15) is 15.9 Å². The summed E-state index contributed by atoms with van der Waals surface area (Å²) in [4.78, 5) is 26.1. The molecule has 2 aromatic carbocycles. The van der Waals surface area contributed by atoms with E-state index in [0.717, 1.165) is 23.8 Å². The van der Waals surface area contributed by atoms with Crippen molar-refractivity contribution in [3.8, 4) is 5.75 Å². The van der Waals surface area contributed by atoms with Gasteiger partial charge in [0.2, 0.25) is 0 Å². The Morgan fingerprint density at radius 2 is 1.82 bits per heavy atom. The largest absolute Gasteiger partial charge is 0.494 e. The molecule has 28 heavy (non-hydrogen) atoms. The molecule has 148 valence electrons. The third kappa shape index (κ3) is 4.25. The van der Waals surface area contributed by atoms with E-state index in [0.29, 0.717) is 32.7 Å². The highest BCUT2D eigenvalue weighted by Gasteiger charge is 2.25. The molecule has 1 aliphatic rings. The lowest BCUT2D eigenvalue weighted by Crippen LogP contribution is -2.48. The van der Waals surface area contributed by atoms with E-state index in [1.54, 1.807) is 12.1 Å². The summed E-state index contributed by atoms with van der Waals surface area (Å²) in [6.45, 7) is 2.39. The number of carbonyl (C=O) groups excluding carboxylic acids is 1. The number of nitrogens with zero attached hydrogens (tertiary/aromatic N) is 3. The van der Waals surface area contributed by atoms with Gasteiger partial charge in [0.25, 0.3) is 11.6 Å². The molecule has 0 saturated carbocycles. The molecule has 0 aromatic heterocycles. The van der Waals surface area contributed by atoms with Gasteiger partial charge in [-0.25, -0.2) is 8.78 Å². The van der Waals surface area contributed by atoms with Crippen LogP contribution in [0.25, 0.3) is 0 Å². The number of benzene rings is 2. The second-order valence-electron chi connectivity index (χ2n) is 6.46.